The monoisotopic (exact) mass is 347 g/mol. The molecular weight excluding hydrogens is 318 g/mol. The molecule has 2 unspecified atom stereocenters. The van der Waals surface area contributed by atoms with Crippen molar-refractivity contribution in [3.63, 3.8) is 0 Å². The highest BCUT2D eigenvalue weighted by atomic mass is 16.5. The number of ether oxygens (including phenoxy) is 2. The number of urea groups is 1. The smallest absolute Gasteiger partial charge is 0.317 e. The number of nitrogens with zero attached hydrogens (tertiary/aromatic N) is 2. The fourth-order valence-electron chi connectivity index (χ4n) is 3.62. The van der Waals surface area contributed by atoms with Gasteiger partial charge in [-0.25, -0.2) is 4.79 Å². The number of aromatic nitrogens is 1. The lowest BCUT2D eigenvalue weighted by Gasteiger charge is -2.25. The molecule has 6 nitrogen and oxygen atoms in total. The molecule has 3 rings (SSSR count). The molecule has 2 atom stereocenters. The first kappa shape index (κ1) is 18.1. The summed E-state index contributed by atoms with van der Waals surface area (Å²) >= 11 is 0. The summed E-state index contributed by atoms with van der Waals surface area (Å²) in [6.07, 6.45) is 7.74. The van der Waals surface area contributed by atoms with Crippen LogP contribution in [0, 0.1) is 5.92 Å². The summed E-state index contributed by atoms with van der Waals surface area (Å²) < 4.78 is 11.2. The molecule has 0 saturated carbocycles. The van der Waals surface area contributed by atoms with Crippen molar-refractivity contribution in [1.29, 1.82) is 0 Å². The van der Waals surface area contributed by atoms with Gasteiger partial charge in [0.05, 0.1) is 12.1 Å². The van der Waals surface area contributed by atoms with E-state index in [0.717, 1.165) is 51.0 Å². The Morgan fingerprint density at radius 3 is 3.04 bits per heavy atom. The molecule has 0 radical (unpaired) electrons. The molecule has 0 aliphatic carbocycles. The second-order valence-corrected chi connectivity index (χ2v) is 7.06. The number of pyridine rings is 1. The summed E-state index contributed by atoms with van der Waals surface area (Å²) in [5.74, 6) is 0.507. The molecule has 0 spiro atoms. The molecule has 0 bridgehead atoms. The van der Waals surface area contributed by atoms with E-state index in [-0.39, 0.29) is 12.1 Å². The molecule has 6 heteroatoms. The van der Waals surface area contributed by atoms with E-state index in [1.807, 2.05) is 17.2 Å². The zero-order valence-electron chi connectivity index (χ0n) is 15.0. The van der Waals surface area contributed by atoms with Gasteiger partial charge in [0.2, 0.25) is 0 Å². The van der Waals surface area contributed by atoms with Gasteiger partial charge in [0.25, 0.3) is 0 Å². The second kappa shape index (κ2) is 9.15. The summed E-state index contributed by atoms with van der Waals surface area (Å²) in [7, 11) is 0. The fraction of sp³-hybridized carbons (Fsp3) is 0.684. The van der Waals surface area contributed by atoms with E-state index >= 15 is 0 Å². The first-order valence-corrected chi connectivity index (χ1v) is 9.38. The summed E-state index contributed by atoms with van der Waals surface area (Å²) in [5, 5.41) is 3.04. The number of likely N-dealkylation sites (tertiary alicyclic amines) is 1. The highest BCUT2D eigenvalue weighted by Crippen LogP contribution is 2.34. The zero-order chi connectivity index (χ0) is 17.5. The van der Waals surface area contributed by atoms with Gasteiger partial charge < -0.3 is 19.7 Å². The van der Waals surface area contributed by atoms with Gasteiger partial charge in [-0.3, -0.25) is 4.98 Å². The van der Waals surface area contributed by atoms with E-state index in [4.69, 9.17) is 9.47 Å². The molecule has 25 heavy (non-hydrogen) atoms. The highest BCUT2D eigenvalue weighted by Gasteiger charge is 2.34. The Balaban J connectivity index is 1.40. The maximum atomic E-state index is 12.6. The average Bonchev–Trinajstić information content (AvgIpc) is 3.05. The van der Waals surface area contributed by atoms with Crippen LogP contribution in [0.25, 0.3) is 0 Å². The van der Waals surface area contributed by atoms with Gasteiger partial charge in [0, 0.05) is 45.3 Å². The normalized spacial score (nSPS) is 24.4. The molecule has 2 aliphatic heterocycles. The standard InChI is InChI=1S/C19H29N3O3/c1-15-12-18(16-4-2-7-20-13-16)22(14-15)19(23)21-8-3-9-25-17-5-10-24-11-6-17/h2,4,7,13,15,17-18H,3,5-6,8-12,14H2,1H3,(H,21,23). The maximum Gasteiger partial charge on any atom is 0.317 e. The Kier molecular flexibility index (Phi) is 6.64. The molecule has 2 saturated heterocycles. The minimum atomic E-state index is 0.0178. The van der Waals surface area contributed by atoms with Crippen LogP contribution in [-0.4, -0.2) is 54.9 Å². The lowest BCUT2D eigenvalue weighted by molar-refractivity contribution is -0.0321. The van der Waals surface area contributed by atoms with Crippen molar-refractivity contribution < 1.29 is 14.3 Å². The van der Waals surface area contributed by atoms with Crippen molar-refractivity contribution in [2.45, 2.75) is 44.8 Å². The molecule has 2 fully saturated rings. The maximum absolute atomic E-state index is 12.6. The van der Waals surface area contributed by atoms with Crippen molar-refractivity contribution in [3.8, 4) is 0 Å². The minimum Gasteiger partial charge on any atom is -0.381 e. The van der Waals surface area contributed by atoms with Gasteiger partial charge >= 0.3 is 6.03 Å². The molecule has 1 N–H and O–H groups in total. The van der Waals surface area contributed by atoms with Crippen LogP contribution < -0.4 is 5.32 Å². The number of rotatable bonds is 6. The van der Waals surface area contributed by atoms with Crippen LogP contribution in [0.4, 0.5) is 4.79 Å². The second-order valence-electron chi connectivity index (χ2n) is 7.06. The zero-order valence-corrected chi connectivity index (χ0v) is 15.0. The van der Waals surface area contributed by atoms with Gasteiger partial charge in [-0.05, 0) is 43.2 Å². The van der Waals surface area contributed by atoms with Gasteiger partial charge in [0.1, 0.15) is 0 Å². The minimum absolute atomic E-state index is 0.0178. The van der Waals surface area contributed by atoms with Crippen molar-refractivity contribution in [1.82, 2.24) is 15.2 Å². The van der Waals surface area contributed by atoms with E-state index in [0.29, 0.717) is 25.2 Å². The van der Waals surface area contributed by atoms with Gasteiger partial charge in [0.15, 0.2) is 0 Å². The lowest BCUT2D eigenvalue weighted by Crippen LogP contribution is -2.40. The summed E-state index contributed by atoms with van der Waals surface area (Å²) in [4.78, 5) is 18.7. The largest absolute Gasteiger partial charge is 0.381 e. The number of hydrogen-bond acceptors (Lipinski definition) is 4. The molecule has 3 heterocycles. The predicted molar refractivity (Wildman–Crippen MR) is 95.3 cm³/mol. The van der Waals surface area contributed by atoms with E-state index in [9.17, 15) is 4.79 Å². The Labute approximate surface area is 149 Å². The first-order chi connectivity index (χ1) is 12.2. The van der Waals surface area contributed by atoms with Crippen LogP contribution in [0.3, 0.4) is 0 Å². The van der Waals surface area contributed by atoms with Crippen molar-refractivity contribution >= 4 is 6.03 Å². The van der Waals surface area contributed by atoms with Crippen LogP contribution in [-0.2, 0) is 9.47 Å². The number of carbonyl (C=O) groups is 1. The van der Waals surface area contributed by atoms with Crippen LogP contribution in [0.2, 0.25) is 0 Å². The quantitative estimate of drug-likeness (QED) is 0.804. The van der Waals surface area contributed by atoms with E-state index < -0.39 is 0 Å². The molecule has 1 aromatic rings. The van der Waals surface area contributed by atoms with Gasteiger partial charge in [-0.2, -0.15) is 0 Å². The Morgan fingerprint density at radius 1 is 1.44 bits per heavy atom. The van der Waals surface area contributed by atoms with Crippen LogP contribution in [0.5, 0.6) is 0 Å². The Bertz CT molecular complexity index is 534. The van der Waals surface area contributed by atoms with Gasteiger partial charge in [-0.1, -0.05) is 13.0 Å². The molecule has 1 aromatic heterocycles. The van der Waals surface area contributed by atoms with Crippen molar-refractivity contribution in [2.75, 3.05) is 32.9 Å². The van der Waals surface area contributed by atoms with Crippen LogP contribution >= 0.6 is 0 Å². The first-order valence-electron chi connectivity index (χ1n) is 9.38. The van der Waals surface area contributed by atoms with Crippen molar-refractivity contribution in [2.24, 2.45) is 5.92 Å². The van der Waals surface area contributed by atoms with E-state index in [1.165, 1.54) is 0 Å². The molecule has 138 valence electrons. The van der Waals surface area contributed by atoms with E-state index in [1.54, 1.807) is 6.20 Å². The molecular formula is C19H29N3O3. The SMILES string of the molecule is CC1CC(c2cccnc2)N(C(=O)NCCCOC2CCOCC2)C1. The third kappa shape index (κ3) is 5.16. The third-order valence-electron chi connectivity index (χ3n) is 4.96. The number of carbonyl (C=O) groups excluding carboxylic acids is 1. The summed E-state index contributed by atoms with van der Waals surface area (Å²) in [5.41, 5.74) is 1.12. The van der Waals surface area contributed by atoms with Crippen LogP contribution in [0.15, 0.2) is 24.5 Å². The highest BCUT2D eigenvalue weighted by molar-refractivity contribution is 5.75. The molecule has 0 aromatic carbocycles. The van der Waals surface area contributed by atoms with E-state index in [2.05, 4.69) is 23.3 Å². The molecule has 2 amide bonds. The topological polar surface area (TPSA) is 63.7 Å². The fourth-order valence-corrected chi connectivity index (χ4v) is 3.62. The average molecular weight is 347 g/mol. The Hall–Kier alpha value is -1.66. The number of hydrogen-bond donors (Lipinski definition) is 1. The number of amides is 2. The molecule has 2 aliphatic rings. The summed E-state index contributed by atoms with van der Waals surface area (Å²) in [6, 6.07) is 4.13. The third-order valence-corrected chi connectivity index (χ3v) is 4.96. The van der Waals surface area contributed by atoms with Crippen LogP contribution in [0.1, 0.15) is 44.2 Å². The lowest BCUT2D eigenvalue weighted by atomic mass is 10.0. The summed E-state index contributed by atoms with van der Waals surface area (Å²) in [6.45, 7) is 5.91. The predicted octanol–water partition coefficient (Wildman–Crippen LogP) is 2.76. The Morgan fingerprint density at radius 2 is 2.28 bits per heavy atom. The number of nitrogens with one attached hydrogen (secondary N) is 1. The van der Waals surface area contributed by atoms with Gasteiger partial charge in [-0.15, -0.1) is 0 Å². The van der Waals surface area contributed by atoms with Crippen molar-refractivity contribution in [3.05, 3.63) is 30.1 Å².